The number of hydrogen-bond acceptors (Lipinski definition) is 4. The molecule has 130 valence electrons. The SMILES string of the molecule is CCCCCNC(=O)C1CCN(c2cc(C)nc(C)c2C#N)CC1. The molecule has 0 bridgehead atoms. The van der Waals surface area contributed by atoms with Crippen molar-refractivity contribution in [3.05, 3.63) is 23.0 Å². The normalized spacial score (nSPS) is 15.2. The third kappa shape index (κ3) is 4.47. The summed E-state index contributed by atoms with van der Waals surface area (Å²) in [5.41, 5.74) is 3.33. The number of amides is 1. The van der Waals surface area contributed by atoms with Crippen LogP contribution in [-0.2, 0) is 4.79 Å². The average molecular weight is 328 g/mol. The maximum absolute atomic E-state index is 12.2. The summed E-state index contributed by atoms with van der Waals surface area (Å²) in [5.74, 6) is 0.283. The van der Waals surface area contributed by atoms with Crippen molar-refractivity contribution >= 4 is 11.6 Å². The van der Waals surface area contributed by atoms with Crippen molar-refractivity contribution in [2.24, 2.45) is 5.92 Å². The number of rotatable bonds is 6. The smallest absolute Gasteiger partial charge is 0.223 e. The van der Waals surface area contributed by atoms with Gasteiger partial charge < -0.3 is 10.2 Å². The van der Waals surface area contributed by atoms with Crippen LogP contribution in [0.15, 0.2) is 6.07 Å². The Bertz CT molecular complexity index is 613. The molecule has 1 saturated heterocycles. The van der Waals surface area contributed by atoms with Crippen LogP contribution in [0, 0.1) is 31.1 Å². The first-order valence-corrected chi connectivity index (χ1v) is 8.97. The fourth-order valence-electron chi connectivity index (χ4n) is 3.31. The summed E-state index contributed by atoms with van der Waals surface area (Å²) in [7, 11) is 0. The second-order valence-electron chi connectivity index (χ2n) is 6.61. The standard InChI is InChI=1S/C19H28N4O/c1-4-5-6-9-21-19(24)16-7-10-23(11-8-16)18-12-14(2)22-15(3)17(18)13-20/h12,16H,4-11H2,1-3H3,(H,21,24). The molecule has 1 amide bonds. The van der Waals surface area contributed by atoms with Gasteiger partial charge in [0.1, 0.15) is 6.07 Å². The average Bonchev–Trinajstić information content (AvgIpc) is 2.58. The fourth-order valence-corrected chi connectivity index (χ4v) is 3.31. The zero-order chi connectivity index (χ0) is 17.5. The van der Waals surface area contributed by atoms with Crippen molar-refractivity contribution < 1.29 is 4.79 Å². The Labute approximate surface area is 145 Å². The van der Waals surface area contributed by atoms with Crippen LogP contribution in [0.5, 0.6) is 0 Å². The lowest BCUT2D eigenvalue weighted by Gasteiger charge is -2.33. The van der Waals surface area contributed by atoms with E-state index < -0.39 is 0 Å². The van der Waals surface area contributed by atoms with Gasteiger partial charge in [0.2, 0.25) is 5.91 Å². The predicted molar refractivity (Wildman–Crippen MR) is 95.9 cm³/mol. The molecule has 1 aromatic rings. The molecule has 1 aliphatic heterocycles. The lowest BCUT2D eigenvalue weighted by Crippen LogP contribution is -2.41. The minimum Gasteiger partial charge on any atom is -0.370 e. The predicted octanol–water partition coefficient (Wildman–Crippen LogP) is 3.09. The highest BCUT2D eigenvalue weighted by atomic mass is 16.1. The lowest BCUT2D eigenvalue weighted by molar-refractivity contribution is -0.125. The van der Waals surface area contributed by atoms with Gasteiger partial charge in [-0.05, 0) is 39.2 Å². The molecule has 1 aromatic heterocycles. The molecule has 2 heterocycles. The Kier molecular flexibility index (Phi) is 6.60. The Hall–Kier alpha value is -2.09. The minimum atomic E-state index is 0.0949. The monoisotopic (exact) mass is 328 g/mol. The van der Waals surface area contributed by atoms with Gasteiger partial charge in [0.25, 0.3) is 0 Å². The van der Waals surface area contributed by atoms with Crippen LogP contribution in [0.4, 0.5) is 5.69 Å². The van der Waals surface area contributed by atoms with E-state index in [1.165, 1.54) is 6.42 Å². The molecule has 1 N–H and O–H groups in total. The number of nitrogens with zero attached hydrogens (tertiary/aromatic N) is 3. The van der Waals surface area contributed by atoms with E-state index in [0.717, 1.165) is 62.4 Å². The number of unbranched alkanes of at least 4 members (excludes halogenated alkanes) is 2. The lowest BCUT2D eigenvalue weighted by atomic mass is 9.95. The highest BCUT2D eigenvalue weighted by Crippen LogP contribution is 2.28. The number of hydrogen-bond donors (Lipinski definition) is 1. The van der Waals surface area contributed by atoms with Gasteiger partial charge in [-0.2, -0.15) is 5.26 Å². The van der Waals surface area contributed by atoms with Crippen LogP contribution in [0.25, 0.3) is 0 Å². The van der Waals surface area contributed by atoms with Crippen LogP contribution >= 0.6 is 0 Å². The van der Waals surface area contributed by atoms with Crippen molar-refractivity contribution in [3.63, 3.8) is 0 Å². The zero-order valence-electron chi connectivity index (χ0n) is 15.1. The summed E-state index contributed by atoms with van der Waals surface area (Å²) < 4.78 is 0. The number of nitrogens with one attached hydrogen (secondary N) is 1. The molecule has 1 fully saturated rings. The van der Waals surface area contributed by atoms with E-state index in [0.29, 0.717) is 5.56 Å². The fraction of sp³-hybridized carbons (Fsp3) is 0.632. The Morgan fingerprint density at radius 1 is 1.38 bits per heavy atom. The highest BCUT2D eigenvalue weighted by Gasteiger charge is 2.26. The Morgan fingerprint density at radius 2 is 2.08 bits per heavy atom. The molecule has 24 heavy (non-hydrogen) atoms. The third-order valence-electron chi connectivity index (χ3n) is 4.71. The van der Waals surface area contributed by atoms with Gasteiger partial charge in [-0.3, -0.25) is 9.78 Å². The number of aromatic nitrogens is 1. The molecule has 1 aliphatic rings. The number of aryl methyl sites for hydroxylation is 2. The summed E-state index contributed by atoms with van der Waals surface area (Å²) in [6.07, 6.45) is 5.06. The molecule has 0 unspecified atom stereocenters. The van der Waals surface area contributed by atoms with Crippen LogP contribution in [0.3, 0.4) is 0 Å². The number of piperidine rings is 1. The van der Waals surface area contributed by atoms with Crippen molar-refractivity contribution in [2.45, 2.75) is 52.9 Å². The van der Waals surface area contributed by atoms with Crippen molar-refractivity contribution in [1.29, 1.82) is 5.26 Å². The first-order valence-electron chi connectivity index (χ1n) is 8.97. The zero-order valence-corrected chi connectivity index (χ0v) is 15.1. The molecule has 5 nitrogen and oxygen atoms in total. The number of nitriles is 1. The molecule has 0 aromatic carbocycles. The summed E-state index contributed by atoms with van der Waals surface area (Å²) >= 11 is 0. The van der Waals surface area contributed by atoms with Gasteiger partial charge in [-0.1, -0.05) is 19.8 Å². The molecule has 5 heteroatoms. The van der Waals surface area contributed by atoms with Crippen molar-refractivity contribution in [2.75, 3.05) is 24.5 Å². The minimum absolute atomic E-state index is 0.0949. The maximum Gasteiger partial charge on any atom is 0.223 e. The largest absolute Gasteiger partial charge is 0.370 e. The van der Waals surface area contributed by atoms with E-state index in [1.807, 2.05) is 19.9 Å². The van der Waals surface area contributed by atoms with Gasteiger partial charge in [0, 0.05) is 31.2 Å². The van der Waals surface area contributed by atoms with E-state index in [2.05, 4.69) is 28.2 Å². The summed E-state index contributed by atoms with van der Waals surface area (Å²) in [5, 5.41) is 12.5. The quantitative estimate of drug-likeness (QED) is 0.815. The van der Waals surface area contributed by atoms with Crippen LogP contribution in [-0.4, -0.2) is 30.5 Å². The number of anilines is 1. The first-order chi connectivity index (χ1) is 11.6. The molecular formula is C19H28N4O. The van der Waals surface area contributed by atoms with E-state index in [-0.39, 0.29) is 11.8 Å². The topological polar surface area (TPSA) is 69.0 Å². The Balaban J connectivity index is 1.94. The highest BCUT2D eigenvalue weighted by molar-refractivity contribution is 5.79. The molecule has 0 radical (unpaired) electrons. The number of carbonyl (C=O) groups excluding carboxylic acids is 1. The van der Waals surface area contributed by atoms with Gasteiger partial charge in [-0.15, -0.1) is 0 Å². The van der Waals surface area contributed by atoms with Crippen LogP contribution in [0.2, 0.25) is 0 Å². The van der Waals surface area contributed by atoms with Gasteiger partial charge in [-0.25, -0.2) is 0 Å². The number of carbonyl (C=O) groups is 1. The van der Waals surface area contributed by atoms with E-state index >= 15 is 0 Å². The summed E-state index contributed by atoms with van der Waals surface area (Å²) in [6, 6.07) is 4.26. The second-order valence-corrected chi connectivity index (χ2v) is 6.61. The third-order valence-corrected chi connectivity index (χ3v) is 4.71. The summed E-state index contributed by atoms with van der Waals surface area (Å²) in [4.78, 5) is 18.8. The molecule has 0 atom stereocenters. The van der Waals surface area contributed by atoms with Crippen LogP contribution < -0.4 is 10.2 Å². The Morgan fingerprint density at radius 3 is 2.71 bits per heavy atom. The van der Waals surface area contributed by atoms with E-state index in [1.54, 1.807) is 0 Å². The summed E-state index contributed by atoms with van der Waals surface area (Å²) in [6.45, 7) is 8.40. The maximum atomic E-state index is 12.2. The molecular weight excluding hydrogens is 300 g/mol. The van der Waals surface area contributed by atoms with Crippen LogP contribution in [0.1, 0.15) is 56.0 Å². The molecule has 0 spiro atoms. The van der Waals surface area contributed by atoms with Gasteiger partial charge in [0.15, 0.2) is 0 Å². The van der Waals surface area contributed by atoms with E-state index in [4.69, 9.17) is 0 Å². The van der Waals surface area contributed by atoms with Gasteiger partial charge >= 0.3 is 0 Å². The van der Waals surface area contributed by atoms with Crippen molar-refractivity contribution in [1.82, 2.24) is 10.3 Å². The van der Waals surface area contributed by atoms with E-state index in [9.17, 15) is 10.1 Å². The number of pyridine rings is 1. The second kappa shape index (κ2) is 8.68. The van der Waals surface area contributed by atoms with Gasteiger partial charge in [0.05, 0.1) is 16.9 Å². The molecule has 0 aliphatic carbocycles. The van der Waals surface area contributed by atoms with Crippen molar-refractivity contribution in [3.8, 4) is 6.07 Å². The molecule has 0 saturated carbocycles. The molecule has 2 rings (SSSR count). The first kappa shape index (κ1) is 18.3.